The second-order valence-electron chi connectivity index (χ2n) is 7.80. The number of morpholine rings is 1. The number of ether oxygens (including phenoxy) is 4. The molecular weight excluding hydrogens is 418 g/mol. The van der Waals surface area contributed by atoms with Gasteiger partial charge in [0.05, 0.1) is 26.4 Å². The summed E-state index contributed by atoms with van der Waals surface area (Å²) in [5.74, 6) is 0.487. The highest BCUT2D eigenvalue weighted by molar-refractivity contribution is 5.89. The summed E-state index contributed by atoms with van der Waals surface area (Å²) in [6.07, 6.45) is 5.54. The average molecular weight is 454 g/mol. The molecule has 0 radical (unpaired) electrons. The molecule has 0 saturated carbocycles. The van der Waals surface area contributed by atoms with Gasteiger partial charge in [0.15, 0.2) is 0 Å². The minimum absolute atomic E-state index is 0.337. The van der Waals surface area contributed by atoms with Crippen molar-refractivity contribution < 1.29 is 23.7 Å². The first-order valence-electron chi connectivity index (χ1n) is 11.8. The first-order valence-corrected chi connectivity index (χ1v) is 11.8. The molecule has 0 bridgehead atoms. The molecule has 2 aromatic carbocycles. The normalized spacial score (nSPS) is 13.9. The largest absolute Gasteiger partial charge is 0.491 e. The van der Waals surface area contributed by atoms with Crippen LogP contribution >= 0.6 is 0 Å². The first-order chi connectivity index (χ1) is 16.2. The highest BCUT2D eigenvalue weighted by Crippen LogP contribution is 2.30. The van der Waals surface area contributed by atoms with Gasteiger partial charge in [0.1, 0.15) is 12.4 Å². The predicted octanol–water partition coefficient (Wildman–Crippen LogP) is 4.96. The molecule has 1 aliphatic heterocycles. The van der Waals surface area contributed by atoms with Crippen molar-refractivity contribution in [1.29, 1.82) is 0 Å². The summed E-state index contributed by atoms with van der Waals surface area (Å²) in [7, 11) is 0. The number of hydrogen-bond acceptors (Lipinski definition) is 6. The Morgan fingerprint density at radius 3 is 2.48 bits per heavy atom. The van der Waals surface area contributed by atoms with Crippen LogP contribution in [-0.4, -0.2) is 58.7 Å². The lowest BCUT2D eigenvalue weighted by Crippen LogP contribution is -2.36. The van der Waals surface area contributed by atoms with Gasteiger partial charge in [-0.2, -0.15) is 0 Å². The summed E-state index contributed by atoms with van der Waals surface area (Å²) in [6, 6.07) is 14.4. The lowest BCUT2D eigenvalue weighted by Gasteiger charge is -2.30. The van der Waals surface area contributed by atoms with E-state index in [1.807, 2.05) is 18.2 Å². The van der Waals surface area contributed by atoms with Crippen LogP contribution in [0.3, 0.4) is 0 Å². The number of carbonyl (C=O) groups is 1. The fourth-order valence-electron chi connectivity index (χ4n) is 3.62. The molecule has 0 N–H and O–H groups in total. The Morgan fingerprint density at radius 1 is 1.00 bits per heavy atom. The summed E-state index contributed by atoms with van der Waals surface area (Å²) >= 11 is 0. The zero-order valence-corrected chi connectivity index (χ0v) is 19.8. The lowest BCUT2D eigenvalue weighted by molar-refractivity contribution is -0.137. The summed E-state index contributed by atoms with van der Waals surface area (Å²) < 4.78 is 21.9. The summed E-state index contributed by atoms with van der Waals surface area (Å²) in [4.78, 5) is 14.2. The molecule has 1 heterocycles. The smallest absolute Gasteiger partial charge is 0.330 e. The monoisotopic (exact) mass is 453 g/mol. The Morgan fingerprint density at radius 2 is 1.76 bits per heavy atom. The van der Waals surface area contributed by atoms with Crippen molar-refractivity contribution in [2.75, 3.05) is 57.6 Å². The number of carbonyl (C=O) groups excluding carboxylic acids is 1. The third kappa shape index (κ3) is 7.91. The number of anilines is 1. The van der Waals surface area contributed by atoms with Crippen LogP contribution in [0.4, 0.5) is 5.69 Å². The van der Waals surface area contributed by atoms with Gasteiger partial charge in [0, 0.05) is 31.5 Å². The summed E-state index contributed by atoms with van der Waals surface area (Å²) in [6.45, 7) is 9.30. The van der Waals surface area contributed by atoms with Crippen molar-refractivity contribution in [3.05, 3.63) is 54.1 Å². The Kier molecular flexibility index (Phi) is 10.3. The number of esters is 1. The quantitative estimate of drug-likeness (QED) is 0.257. The fraction of sp³-hybridized carbons (Fsp3) is 0.444. The van der Waals surface area contributed by atoms with Gasteiger partial charge in [0.25, 0.3) is 0 Å². The molecule has 0 aliphatic carbocycles. The van der Waals surface area contributed by atoms with E-state index < -0.39 is 0 Å². The van der Waals surface area contributed by atoms with Crippen molar-refractivity contribution in [2.24, 2.45) is 0 Å². The van der Waals surface area contributed by atoms with Gasteiger partial charge in [-0.25, -0.2) is 4.79 Å². The fourth-order valence-corrected chi connectivity index (χ4v) is 3.62. The zero-order chi connectivity index (χ0) is 23.3. The van der Waals surface area contributed by atoms with Gasteiger partial charge in [0.2, 0.25) is 0 Å². The third-order valence-electron chi connectivity index (χ3n) is 5.39. The minimum atomic E-state index is -0.337. The van der Waals surface area contributed by atoms with Gasteiger partial charge in [-0.05, 0) is 60.4 Å². The number of unbranched alkanes of at least 4 members (excludes halogenated alkanes) is 1. The molecule has 0 atom stereocenters. The van der Waals surface area contributed by atoms with Crippen LogP contribution in [0.1, 0.15) is 32.3 Å². The van der Waals surface area contributed by atoms with Gasteiger partial charge >= 0.3 is 5.97 Å². The van der Waals surface area contributed by atoms with Gasteiger partial charge in [-0.15, -0.1) is 0 Å². The minimum Gasteiger partial charge on any atom is -0.491 e. The van der Waals surface area contributed by atoms with Crippen LogP contribution in [0.5, 0.6) is 5.75 Å². The van der Waals surface area contributed by atoms with E-state index in [4.69, 9.17) is 18.9 Å². The summed E-state index contributed by atoms with van der Waals surface area (Å²) in [5.41, 5.74) is 4.23. The van der Waals surface area contributed by atoms with Crippen LogP contribution in [0, 0.1) is 0 Å². The van der Waals surface area contributed by atoms with Crippen LogP contribution in [-0.2, 0) is 19.0 Å². The molecule has 0 unspecified atom stereocenters. The van der Waals surface area contributed by atoms with E-state index in [0.29, 0.717) is 33.0 Å². The maximum absolute atomic E-state index is 11.9. The molecule has 6 heteroatoms. The Balaban J connectivity index is 1.71. The van der Waals surface area contributed by atoms with Crippen LogP contribution < -0.4 is 9.64 Å². The number of nitrogens with zero attached hydrogens (tertiary/aromatic N) is 1. The van der Waals surface area contributed by atoms with E-state index >= 15 is 0 Å². The van der Waals surface area contributed by atoms with Gasteiger partial charge in [-0.1, -0.05) is 31.5 Å². The van der Waals surface area contributed by atoms with E-state index in [-0.39, 0.29) is 5.97 Å². The number of benzene rings is 2. The maximum Gasteiger partial charge on any atom is 0.330 e. The number of rotatable bonds is 12. The Hall–Kier alpha value is -2.83. The van der Waals surface area contributed by atoms with E-state index in [1.165, 1.54) is 6.08 Å². The molecule has 33 heavy (non-hydrogen) atoms. The lowest BCUT2D eigenvalue weighted by atomic mass is 10.0. The van der Waals surface area contributed by atoms with Crippen molar-refractivity contribution in [1.82, 2.24) is 0 Å². The summed E-state index contributed by atoms with van der Waals surface area (Å²) in [5, 5.41) is 0. The standard InChI is InChI=1S/C27H35NO5/c1-3-5-16-30-19-20-33-25-10-6-22(7-11-25)23-8-12-26(28-14-17-31-18-15-28)24(21-23)9-13-27(29)32-4-2/h6-13,21H,3-5,14-20H2,1-2H3/b13-9+. The van der Waals surface area contributed by atoms with Crippen molar-refractivity contribution in [2.45, 2.75) is 26.7 Å². The SMILES string of the molecule is CCCCOCCOc1ccc(-c2ccc(N3CCOCC3)c(/C=C/C(=O)OCC)c2)cc1. The van der Waals surface area contributed by atoms with Crippen LogP contribution in [0.15, 0.2) is 48.5 Å². The van der Waals surface area contributed by atoms with Crippen LogP contribution in [0.2, 0.25) is 0 Å². The van der Waals surface area contributed by atoms with Crippen molar-refractivity contribution >= 4 is 17.7 Å². The third-order valence-corrected chi connectivity index (χ3v) is 5.39. The highest BCUT2D eigenvalue weighted by atomic mass is 16.5. The molecule has 0 spiro atoms. The zero-order valence-electron chi connectivity index (χ0n) is 19.8. The molecule has 6 nitrogen and oxygen atoms in total. The van der Waals surface area contributed by atoms with E-state index in [2.05, 4.69) is 42.2 Å². The van der Waals surface area contributed by atoms with Crippen molar-refractivity contribution in [3.8, 4) is 16.9 Å². The first kappa shape index (κ1) is 24.8. The average Bonchev–Trinajstić information content (AvgIpc) is 2.86. The number of hydrogen-bond donors (Lipinski definition) is 0. The molecule has 0 amide bonds. The molecule has 2 aromatic rings. The highest BCUT2D eigenvalue weighted by Gasteiger charge is 2.15. The van der Waals surface area contributed by atoms with Crippen LogP contribution in [0.25, 0.3) is 17.2 Å². The topological polar surface area (TPSA) is 57.2 Å². The van der Waals surface area contributed by atoms with E-state index in [1.54, 1.807) is 6.92 Å². The van der Waals surface area contributed by atoms with E-state index in [0.717, 1.165) is 60.7 Å². The molecule has 3 rings (SSSR count). The van der Waals surface area contributed by atoms with Crippen molar-refractivity contribution in [3.63, 3.8) is 0 Å². The van der Waals surface area contributed by atoms with Gasteiger partial charge in [-0.3, -0.25) is 0 Å². The molecule has 1 fully saturated rings. The molecular formula is C27H35NO5. The predicted molar refractivity (Wildman–Crippen MR) is 132 cm³/mol. The second kappa shape index (κ2) is 13.7. The molecule has 0 aromatic heterocycles. The Bertz CT molecular complexity index is 888. The molecule has 1 aliphatic rings. The molecule has 178 valence electrons. The van der Waals surface area contributed by atoms with E-state index in [9.17, 15) is 4.79 Å². The molecule has 1 saturated heterocycles. The van der Waals surface area contributed by atoms with Gasteiger partial charge < -0.3 is 23.8 Å². The second-order valence-corrected chi connectivity index (χ2v) is 7.80. The maximum atomic E-state index is 11.9. The Labute approximate surface area is 197 Å².